The quantitative estimate of drug-likeness (QED) is 0.554. The van der Waals surface area contributed by atoms with Crippen LogP contribution in [0.5, 0.6) is 5.75 Å². The molecule has 0 saturated carbocycles. The summed E-state index contributed by atoms with van der Waals surface area (Å²) < 4.78 is 24.7. The van der Waals surface area contributed by atoms with E-state index in [9.17, 15) is 9.18 Å². The average molecular weight is 410 g/mol. The summed E-state index contributed by atoms with van der Waals surface area (Å²) in [6, 6.07) is 17.0. The molecule has 0 bridgehead atoms. The van der Waals surface area contributed by atoms with Crippen molar-refractivity contribution in [3.05, 3.63) is 89.1 Å². The van der Waals surface area contributed by atoms with Crippen molar-refractivity contribution in [1.82, 2.24) is 10.2 Å². The first-order valence-electron chi connectivity index (χ1n) is 9.90. The Labute approximate surface area is 176 Å². The molecule has 6 heteroatoms. The van der Waals surface area contributed by atoms with E-state index < -0.39 is 0 Å². The lowest BCUT2D eigenvalue weighted by atomic mass is 10.0. The number of carbonyl (C=O) groups excluding carboxylic acids is 1. The molecule has 5 nitrogen and oxygen atoms in total. The van der Waals surface area contributed by atoms with Crippen molar-refractivity contribution in [3.8, 4) is 5.75 Å². The van der Waals surface area contributed by atoms with Gasteiger partial charge in [0.2, 0.25) is 0 Å². The van der Waals surface area contributed by atoms with Crippen LogP contribution in [0.15, 0.2) is 65.1 Å². The number of nitrogens with one attached hydrogen (secondary N) is 1. The third kappa shape index (κ3) is 5.94. The van der Waals surface area contributed by atoms with Crippen molar-refractivity contribution in [2.45, 2.75) is 26.0 Å². The number of rotatable bonds is 9. The molecule has 0 spiro atoms. The van der Waals surface area contributed by atoms with Crippen molar-refractivity contribution >= 4 is 5.91 Å². The van der Waals surface area contributed by atoms with Crippen LogP contribution in [0.25, 0.3) is 0 Å². The largest absolute Gasteiger partial charge is 0.485 e. The van der Waals surface area contributed by atoms with Gasteiger partial charge in [0.1, 0.15) is 23.9 Å². The van der Waals surface area contributed by atoms with E-state index in [1.165, 1.54) is 12.1 Å². The van der Waals surface area contributed by atoms with Crippen molar-refractivity contribution < 1.29 is 18.3 Å². The highest BCUT2D eigenvalue weighted by Gasteiger charge is 2.19. The molecular formula is C24H27FN2O3. The molecule has 0 aliphatic carbocycles. The van der Waals surface area contributed by atoms with Gasteiger partial charge in [-0.25, -0.2) is 4.39 Å². The monoisotopic (exact) mass is 410 g/mol. The molecule has 1 N–H and O–H groups in total. The maximum Gasteiger partial charge on any atom is 0.287 e. The Hall–Kier alpha value is -3.12. The van der Waals surface area contributed by atoms with Crippen LogP contribution in [0.2, 0.25) is 0 Å². The van der Waals surface area contributed by atoms with Gasteiger partial charge in [0.05, 0.1) is 6.04 Å². The third-order valence-corrected chi connectivity index (χ3v) is 4.79. The van der Waals surface area contributed by atoms with Crippen molar-refractivity contribution in [3.63, 3.8) is 0 Å². The fraction of sp³-hybridized carbons (Fsp3) is 0.292. The molecule has 0 saturated heterocycles. The van der Waals surface area contributed by atoms with Crippen LogP contribution in [0.3, 0.4) is 0 Å². The van der Waals surface area contributed by atoms with Crippen LogP contribution in [0.1, 0.15) is 39.9 Å². The van der Waals surface area contributed by atoms with Gasteiger partial charge in [-0.1, -0.05) is 30.3 Å². The Morgan fingerprint density at radius 3 is 2.53 bits per heavy atom. The molecule has 158 valence electrons. The topological polar surface area (TPSA) is 54.7 Å². The number of hydrogen-bond donors (Lipinski definition) is 1. The summed E-state index contributed by atoms with van der Waals surface area (Å²) in [4.78, 5) is 14.8. The van der Waals surface area contributed by atoms with Crippen LogP contribution in [0, 0.1) is 12.7 Å². The van der Waals surface area contributed by atoms with E-state index in [4.69, 9.17) is 9.15 Å². The molecule has 0 aliphatic rings. The van der Waals surface area contributed by atoms with Crippen molar-refractivity contribution in [2.75, 3.05) is 20.6 Å². The summed E-state index contributed by atoms with van der Waals surface area (Å²) in [7, 11) is 3.94. The maximum absolute atomic E-state index is 13.3. The van der Waals surface area contributed by atoms with Gasteiger partial charge < -0.3 is 19.4 Å². The number of furan rings is 1. The Morgan fingerprint density at radius 2 is 1.83 bits per heavy atom. The number of halogens is 1. The molecular weight excluding hydrogens is 383 g/mol. The lowest BCUT2D eigenvalue weighted by Gasteiger charge is -2.21. The van der Waals surface area contributed by atoms with Crippen LogP contribution < -0.4 is 10.1 Å². The summed E-state index contributed by atoms with van der Waals surface area (Å²) in [6.45, 7) is 2.98. The second-order valence-corrected chi connectivity index (χ2v) is 7.49. The smallest absolute Gasteiger partial charge is 0.287 e. The van der Waals surface area contributed by atoms with Gasteiger partial charge >= 0.3 is 0 Å². The molecule has 1 amide bonds. The van der Waals surface area contributed by atoms with Gasteiger partial charge in [0.25, 0.3) is 5.91 Å². The number of nitrogens with zero attached hydrogens (tertiary/aromatic N) is 1. The lowest BCUT2D eigenvalue weighted by Crippen LogP contribution is -2.30. The fourth-order valence-corrected chi connectivity index (χ4v) is 3.08. The summed E-state index contributed by atoms with van der Waals surface area (Å²) in [6.07, 6.45) is 0.689. The third-order valence-electron chi connectivity index (χ3n) is 4.79. The first-order chi connectivity index (χ1) is 14.4. The van der Waals surface area contributed by atoms with Gasteiger partial charge in [-0.15, -0.1) is 0 Å². The molecule has 3 aromatic rings. The van der Waals surface area contributed by atoms with E-state index in [0.717, 1.165) is 23.4 Å². The zero-order valence-corrected chi connectivity index (χ0v) is 17.5. The SMILES string of the molecule is Cc1ccccc1OCc1ccc(C(=O)NC(CCN(C)C)c2ccc(F)cc2)o1. The number of amides is 1. The second-order valence-electron chi connectivity index (χ2n) is 7.49. The molecule has 1 atom stereocenters. The molecule has 3 rings (SSSR count). The Morgan fingerprint density at radius 1 is 1.10 bits per heavy atom. The van der Waals surface area contributed by atoms with Crippen LogP contribution >= 0.6 is 0 Å². The summed E-state index contributed by atoms with van der Waals surface area (Å²) in [5.74, 6) is 0.941. The van der Waals surface area contributed by atoms with Crippen LogP contribution in [-0.2, 0) is 6.61 Å². The van der Waals surface area contributed by atoms with Gasteiger partial charge in [-0.2, -0.15) is 0 Å². The first-order valence-corrected chi connectivity index (χ1v) is 9.90. The van der Waals surface area contributed by atoms with Gasteiger partial charge in [-0.05, 0) is 75.4 Å². The summed E-state index contributed by atoms with van der Waals surface area (Å²) in [5, 5.41) is 3.00. The molecule has 30 heavy (non-hydrogen) atoms. The highest BCUT2D eigenvalue weighted by molar-refractivity contribution is 5.91. The van der Waals surface area contributed by atoms with Crippen molar-refractivity contribution in [2.24, 2.45) is 0 Å². The fourth-order valence-electron chi connectivity index (χ4n) is 3.08. The van der Waals surface area contributed by atoms with Gasteiger partial charge in [0.15, 0.2) is 5.76 Å². The normalized spacial score (nSPS) is 12.0. The lowest BCUT2D eigenvalue weighted by molar-refractivity contribution is 0.0900. The second kappa shape index (κ2) is 10.1. The van der Waals surface area contributed by atoms with E-state index >= 15 is 0 Å². The average Bonchev–Trinajstić information content (AvgIpc) is 3.20. The first kappa shape index (κ1) is 21.6. The molecule has 1 unspecified atom stereocenters. The highest BCUT2D eigenvalue weighted by atomic mass is 19.1. The minimum Gasteiger partial charge on any atom is -0.485 e. The predicted molar refractivity (Wildman–Crippen MR) is 114 cm³/mol. The summed E-state index contributed by atoms with van der Waals surface area (Å²) in [5.41, 5.74) is 1.88. The van der Waals surface area contributed by atoms with E-state index in [1.807, 2.05) is 50.2 Å². The highest BCUT2D eigenvalue weighted by Crippen LogP contribution is 2.21. The molecule has 2 aromatic carbocycles. The Balaban J connectivity index is 1.65. The standard InChI is InChI=1S/C24H27FN2O3/c1-17-6-4-5-7-22(17)29-16-20-12-13-23(30-20)24(28)26-21(14-15-27(2)3)18-8-10-19(25)11-9-18/h4-13,21H,14-16H2,1-3H3,(H,26,28). The Bertz CT molecular complexity index is 967. The number of para-hydroxylation sites is 1. The molecule has 1 heterocycles. The van der Waals surface area contributed by atoms with E-state index in [-0.39, 0.29) is 30.1 Å². The number of benzene rings is 2. The minimum atomic E-state index is -0.315. The summed E-state index contributed by atoms with van der Waals surface area (Å²) >= 11 is 0. The molecule has 0 radical (unpaired) electrons. The van der Waals surface area contributed by atoms with E-state index in [1.54, 1.807) is 24.3 Å². The maximum atomic E-state index is 13.3. The van der Waals surface area contributed by atoms with Crippen molar-refractivity contribution in [1.29, 1.82) is 0 Å². The molecule has 0 aliphatic heterocycles. The van der Waals surface area contributed by atoms with E-state index in [2.05, 4.69) is 5.32 Å². The van der Waals surface area contributed by atoms with Crippen LogP contribution in [0.4, 0.5) is 4.39 Å². The van der Waals surface area contributed by atoms with E-state index in [0.29, 0.717) is 12.2 Å². The minimum absolute atomic E-state index is 0.218. The number of hydrogen-bond acceptors (Lipinski definition) is 4. The van der Waals surface area contributed by atoms with Gasteiger partial charge in [0, 0.05) is 0 Å². The number of ether oxygens (including phenoxy) is 1. The zero-order chi connectivity index (χ0) is 21.5. The Kier molecular flexibility index (Phi) is 7.25. The number of carbonyl (C=O) groups is 1. The zero-order valence-electron chi connectivity index (χ0n) is 17.5. The van der Waals surface area contributed by atoms with Gasteiger partial charge in [-0.3, -0.25) is 4.79 Å². The number of aryl methyl sites for hydroxylation is 1. The predicted octanol–water partition coefficient (Wildman–Crippen LogP) is 4.73. The van der Waals surface area contributed by atoms with Crippen LogP contribution in [-0.4, -0.2) is 31.4 Å². The molecule has 1 aromatic heterocycles. The molecule has 0 fully saturated rings.